The number of aryl methyl sites for hydroxylation is 1. The fourth-order valence-electron chi connectivity index (χ4n) is 3.73. The molecular formula is C23H24ClN5O4S. The van der Waals surface area contributed by atoms with Crippen LogP contribution in [0.1, 0.15) is 29.8 Å². The van der Waals surface area contributed by atoms with E-state index in [9.17, 15) is 18.0 Å². The molecule has 4 rings (SSSR count). The van der Waals surface area contributed by atoms with Gasteiger partial charge in [-0.15, -0.1) is 0 Å². The van der Waals surface area contributed by atoms with Crippen LogP contribution >= 0.6 is 11.6 Å². The molecule has 2 N–H and O–H groups in total. The summed E-state index contributed by atoms with van der Waals surface area (Å²) in [7, 11) is -2.48. The van der Waals surface area contributed by atoms with Gasteiger partial charge in [-0.3, -0.25) is 14.3 Å². The van der Waals surface area contributed by atoms with Crippen molar-refractivity contribution < 1.29 is 13.2 Å². The van der Waals surface area contributed by atoms with Crippen molar-refractivity contribution in [3.63, 3.8) is 0 Å². The first kappa shape index (κ1) is 23.8. The van der Waals surface area contributed by atoms with E-state index in [0.717, 1.165) is 42.7 Å². The second-order valence-corrected chi connectivity index (χ2v) is 10.1. The number of carbonyl (C=O) groups is 1. The maximum atomic E-state index is 13.0. The van der Waals surface area contributed by atoms with Crippen LogP contribution in [-0.4, -0.2) is 37.2 Å². The van der Waals surface area contributed by atoms with Gasteiger partial charge in [0.05, 0.1) is 16.3 Å². The lowest BCUT2D eigenvalue weighted by molar-refractivity contribution is 0.102. The molecule has 3 aromatic rings. The van der Waals surface area contributed by atoms with Crippen molar-refractivity contribution in [3.05, 3.63) is 75.7 Å². The quantitative estimate of drug-likeness (QED) is 0.534. The van der Waals surface area contributed by atoms with Crippen molar-refractivity contribution in [2.45, 2.75) is 24.2 Å². The average molecular weight is 502 g/mol. The number of hydrogen-bond acceptors (Lipinski definition) is 6. The van der Waals surface area contributed by atoms with Crippen LogP contribution in [0.15, 0.2) is 64.3 Å². The molecule has 34 heavy (non-hydrogen) atoms. The number of sulfonamides is 1. The molecule has 1 aliphatic heterocycles. The van der Waals surface area contributed by atoms with Gasteiger partial charge < -0.3 is 10.2 Å². The van der Waals surface area contributed by atoms with Gasteiger partial charge in [0, 0.05) is 36.9 Å². The summed E-state index contributed by atoms with van der Waals surface area (Å²) in [5, 5.41) is 7.26. The molecule has 2 heterocycles. The second kappa shape index (κ2) is 9.86. The van der Waals surface area contributed by atoms with Crippen molar-refractivity contribution in [2.24, 2.45) is 7.05 Å². The van der Waals surface area contributed by atoms with Gasteiger partial charge in [0.1, 0.15) is 5.69 Å². The minimum Gasteiger partial charge on any atom is -0.370 e. The normalized spacial score (nSPS) is 14.0. The van der Waals surface area contributed by atoms with E-state index in [0.29, 0.717) is 16.4 Å². The fraction of sp³-hybridized carbons (Fsp3) is 0.261. The van der Waals surface area contributed by atoms with Crippen LogP contribution in [0.4, 0.5) is 17.1 Å². The molecule has 9 nitrogen and oxygen atoms in total. The summed E-state index contributed by atoms with van der Waals surface area (Å²) in [5.74, 6) is -0.547. The summed E-state index contributed by atoms with van der Waals surface area (Å²) in [5.41, 5.74) is 1.14. The molecule has 1 fully saturated rings. The van der Waals surface area contributed by atoms with Crippen LogP contribution in [0.25, 0.3) is 0 Å². The van der Waals surface area contributed by atoms with Crippen molar-refractivity contribution in [3.8, 4) is 0 Å². The molecular weight excluding hydrogens is 478 g/mol. The Balaban J connectivity index is 1.68. The number of nitrogens with zero attached hydrogens (tertiary/aromatic N) is 3. The van der Waals surface area contributed by atoms with Gasteiger partial charge >= 0.3 is 0 Å². The monoisotopic (exact) mass is 501 g/mol. The number of rotatable bonds is 6. The molecule has 0 radical (unpaired) electrons. The molecule has 0 saturated carbocycles. The lowest BCUT2D eigenvalue weighted by Gasteiger charge is -2.30. The maximum absolute atomic E-state index is 13.0. The second-order valence-electron chi connectivity index (χ2n) is 7.97. The number of halogens is 1. The number of carbonyl (C=O) groups excluding carboxylic acids is 1. The number of nitrogens with one attached hydrogen (secondary N) is 2. The minimum absolute atomic E-state index is 0.00747. The zero-order valence-electron chi connectivity index (χ0n) is 18.5. The van der Waals surface area contributed by atoms with E-state index in [4.69, 9.17) is 11.6 Å². The van der Waals surface area contributed by atoms with Crippen LogP contribution in [0.2, 0.25) is 5.02 Å². The molecule has 0 atom stereocenters. The molecule has 0 spiro atoms. The Labute approximate surface area is 202 Å². The van der Waals surface area contributed by atoms with E-state index in [1.165, 1.54) is 31.3 Å². The van der Waals surface area contributed by atoms with Crippen LogP contribution in [0.3, 0.4) is 0 Å². The van der Waals surface area contributed by atoms with Crippen molar-refractivity contribution in [1.29, 1.82) is 0 Å². The third-order valence-corrected chi connectivity index (χ3v) is 7.14. The van der Waals surface area contributed by atoms with E-state index < -0.39 is 15.9 Å². The molecule has 11 heteroatoms. The largest absolute Gasteiger partial charge is 0.370 e. The predicted octanol–water partition coefficient (Wildman–Crippen LogP) is 3.48. The Kier molecular flexibility index (Phi) is 6.90. The van der Waals surface area contributed by atoms with Gasteiger partial charge in [0.15, 0.2) is 0 Å². The lowest BCUT2D eigenvalue weighted by atomic mass is 10.1. The van der Waals surface area contributed by atoms with Crippen LogP contribution in [0.5, 0.6) is 0 Å². The molecule has 1 saturated heterocycles. The smallest absolute Gasteiger partial charge is 0.276 e. The maximum Gasteiger partial charge on any atom is 0.276 e. The Morgan fingerprint density at radius 2 is 1.71 bits per heavy atom. The number of aromatic nitrogens is 2. The van der Waals surface area contributed by atoms with E-state index >= 15 is 0 Å². The molecule has 0 bridgehead atoms. The van der Waals surface area contributed by atoms with Crippen molar-refractivity contribution >= 4 is 44.6 Å². The van der Waals surface area contributed by atoms with Gasteiger partial charge in [-0.1, -0.05) is 11.6 Å². The first-order chi connectivity index (χ1) is 16.2. The zero-order valence-corrected chi connectivity index (χ0v) is 20.1. The lowest BCUT2D eigenvalue weighted by Crippen LogP contribution is -2.31. The highest BCUT2D eigenvalue weighted by molar-refractivity contribution is 7.92. The molecule has 1 amide bonds. The molecule has 178 valence electrons. The summed E-state index contributed by atoms with van der Waals surface area (Å²) in [6, 6.07) is 13.5. The third kappa shape index (κ3) is 5.40. The Bertz CT molecular complexity index is 1370. The van der Waals surface area contributed by atoms with Gasteiger partial charge in [0.2, 0.25) is 0 Å². The minimum atomic E-state index is -3.93. The summed E-state index contributed by atoms with van der Waals surface area (Å²) in [6.45, 7) is 1.60. The summed E-state index contributed by atoms with van der Waals surface area (Å²) >= 11 is 5.88. The fourth-order valence-corrected chi connectivity index (χ4v) is 4.95. The topological polar surface area (TPSA) is 113 Å². The number of hydrogen-bond donors (Lipinski definition) is 2. The first-order valence-electron chi connectivity index (χ1n) is 10.8. The van der Waals surface area contributed by atoms with Crippen LogP contribution < -0.4 is 20.5 Å². The van der Waals surface area contributed by atoms with Crippen molar-refractivity contribution in [1.82, 2.24) is 9.78 Å². The Hall–Kier alpha value is -3.37. The Morgan fingerprint density at radius 1 is 1.00 bits per heavy atom. The average Bonchev–Trinajstić information content (AvgIpc) is 2.82. The molecule has 2 aromatic carbocycles. The number of anilines is 3. The standard InChI is InChI=1S/C23H24ClN5O4S/c1-28-22(30)12-10-19(26-28)23(31)25-20-15-18(9-11-21(20)29-13-3-2-4-14-29)34(32,33)27-17-7-5-16(24)6-8-17/h5-12,15,27H,2-4,13-14H2,1H3,(H,25,31). The zero-order chi connectivity index (χ0) is 24.3. The SMILES string of the molecule is Cn1nc(C(=O)Nc2cc(S(=O)(=O)Nc3ccc(Cl)cc3)ccc2N2CCCCC2)ccc1=O. The summed E-state index contributed by atoms with van der Waals surface area (Å²) in [6.07, 6.45) is 3.14. The van der Waals surface area contributed by atoms with Crippen molar-refractivity contribution in [2.75, 3.05) is 28.0 Å². The van der Waals surface area contributed by atoms with E-state index in [1.54, 1.807) is 30.3 Å². The first-order valence-corrected chi connectivity index (χ1v) is 12.6. The van der Waals surface area contributed by atoms with E-state index in [1.807, 2.05) is 0 Å². The van der Waals surface area contributed by atoms with Crippen LogP contribution in [0, 0.1) is 0 Å². The highest BCUT2D eigenvalue weighted by atomic mass is 35.5. The number of amides is 1. The third-order valence-electron chi connectivity index (χ3n) is 5.51. The summed E-state index contributed by atoms with van der Waals surface area (Å²) in [4.78, 5) is 26.6. The molecule has 0 unspecified atom stereocenters. The summed E-state index contributed by atoms with van der Waals surface area (Å²) < 4.78 is 29.7. The van der Waals surface area contributed by atoms with Gasteiger partial charge in [-0.25, -0.2) is 13.1 Å². The number of benzene rings is 2. The van der Waals surface area contributed by atoms with Gasteiger partial charge in [-0.05, 0) is 67.8 Å². The molecule has 1 aliphatic rings. The molecule has 1 aromatic heterocycles. The highest BCUT2D eigenvalue weighted by Crippen LogP contribution is 2.32. The van der Waals surface area contributed by atoms with E-state index in [2.05, 4.69) is 20.0 Å². The highest BCUT2D eigenvalue weighted by Gasteiger charge is 2.22. The number of piperidine rings is 1. The van der Waals surface area contributed by atoms with Gasteiger partial charge in [-0.2, -0.15) is 5.10 Å². The predicted molar refractivity (Wildman–Crippen MR) is 132 cm³/mol. The Morgan fingerprint density at radius 3 is 2.38 bits per heavy atom. The molecule has 0 aliphatic carbocycles. The van der Waals surface area contributed by atoms with E-state index in [-0.39, 0.29) is 16.1 Å². The van der Waals surface area contributed by atoms with Crippen LogP contribution in [-0.2, 0) is 17.1 Å². The van der Waals surface area contributed by atoms with Gasteiger partial charge in [0.25, 0.3) is 21.5 Å².